The van der Waals surface area contributed by atoms with Gasteiger partial charge in [-0.25, -0.2) is 4.98 Å². The van der Waals surface area contributed by atoms with Gasteiger partial charge in [0.15, 0.2) is 0 Å². The molecule has 1 saturated heterocycles. The van der Waals surface area contributed by atoms with Crippen LogP contribution in [0, 0.1) is 6.92 Å². The lowest BCUT2D eigenvalue weighted by Gasteiger charge is -2.23. The molecule has 160 valence electrons. The summed E-state index contributed by atoms with van der Waals surface area (Å²) in [6, 6.07) is 10.3. The van der Waals surface area contributed by atoms with Gasteiger partial charge in [0.05, 0.1) is 0 Å². The third-order valence-corrected chi connectivity index (χ3v) is 5.38. The molecular formula is C24H33N5O. The molecular weight excluding hydrogens is 374 g/mol. The molecule has 1 aliphatic rings. The highest BCUT2D eigenvalue weighted by molar-refractivity contribution is 5.82. The van der Waals surface area contributed by atoms with Gasteiger partial charge in [0.25, 0.3) is 5.56 Å². The van der Waals surface area contributed by atoms with Crippen LogP contribution in [0.4, 0.5) is 5.95 Å². The Bertz CT molecular complexity index is 1040. The Morgan fingerprint density at radius 3 is 2.60 bits per heavy atom. The van der Waals surface area contributed by atoms with Gasteiger partial charge in [-0.15, -0.1) is 0 Å². The average molecular weight is 408 g/mol. The van der Waals surface area contributed by atoms with Crippen LogP contribution in [0.15, 0.2) is 41.3 Å². The number of piperidine rings is 1. The molecule has 0 unspecified atom stereocenters. The smallest absolute Gasteiger partial charge is 0.260 e. The zero-order chi connectivity index (χ0) is 21.5. The molecule has 4 rings (SSSR count). The van der Waals surface area contributed by atoms with Crippen LogP contribution in [0.1, 0.15) is 45.6 Å². The first-order valence-corrected chi connectivity index (χ1v) is 11.1. The normalized spacial score (nSPS) is 14.3. The standard InChI is InChI=1S/C22H27N5O.C2H6/c1-3-12-27-20-16(13-19(21(27)28)18-7-5-4-6-15(18)2)14-24-22(26-20)25-17-8-10-23-11-9-17;1-2/h4-7,13-14,17,23H,3,8-12H2,1-2H3,(H,24,25,26);1-2H3. The lowest BCUT2D eigenvalue weighted by Crippen LogP contribution is -2.35. The number of anilines is 1. The highest BCUT2D eigenvalue weighted by atomic mass is 16.1. The second-order valence-corrected chi connectivity index (χ2v) is 7.47. The van der Waals surface area contributed by atoms with Crippen LogP contribution in [0.3, 0.4) is 0 Å². The van der Waals surface area contributed by atoms with Crippen LogP contribution in [0.5, 0.6) is 0 Å². The Labute approximate surface area is 178 Å². The van der Waals surface area contributed by atoms with Crippen molar-refractivity contribution < 1.29 is 0 Å². The van der Waals surface area contributed by atoms with Gasteiger partial charge in [-0.2, -0.15) is 4.98 Å². The van der Waals surface area contributed by atoms with Crippen LogP contribution in [-0.2, 0) is 6.54 Å². The highest BCUT2D eigenvalue weighted by Gasteiger charge is 2.17. The van der Waals surface area contributed by atoms with Gasteiger partial charge >= 0.3 is 0 Å². The molecule has 2 N–H and O–H groups in total. The molecule has 6 nitrogen and oxygen atoms in total. The zero-order valence-corrected chi connectivity index (χ0v) is 18.5. The van der Waals surface area contributed by atoms with Gasteiger partial charge in [-0.3, -0.25) is 9.36 Å². The van der Waals surface area contributed by atoms with Gasteiger partial charge in [0.1, 0.15) is 5.65 Å². The number of benzene rings is 1. The average Bonchev–Trinajstić information content (AvgIpc) is 2.78. The Morgan fingerprint density at radius 1 is 1.17 bits per heavy atom. The van der Waals surface area contributed by atoms with Crippen molar-refractivity contribution in [2.45, 2.75) is 59.5 Å². The molecule has 30 heavy (non-hydrogen) atoms. The Kier molecular flexibility index (Phi) is 7.57. The minimum atomic E-state index is 0.00941. The molecule has 1 fully saturated rings. The number of rotatable bonds is 5. The molecule has 0 amide bonds. The van der Waals surface area contributed by atoms with E-state index in [1.165, 1.54) is 0 Å². The van der Waals surface area contributed by atoms with Crippen LogP contribution in [0.2, 0.25) is 0 Å². The SMILES string of the molecule is CC.CCCn1c(=O)c(-c2ccccc2C)cc2cnc(NC3CCNCC3)nc21. The minimum Gasteiger partial charge on any atom is -0.351 e. The molecule has 0 radical (unpaired) electrons. The summed E-state index contributed by atoms with van der Waals surface area (Å²) in [6.07, 6.45) is 4.80. The topological polar surface area (TPSA) is 71.8 Å². The third kappa shape index (κ3) is 4.70. The van der Waals surface area contributed by atoms with Crippen molar-refractivity contribution in [2.75, 3.05) is 18.4 Å². The summed E-state index contributed by atoms with van der Waals surface area (Å²) in [7, 11) is 0. The van der Waals surface area contributed by atoms with E-state index in [1.54, 1.807) is 4.57 Å². The lowest BCUT2D eigenvalue weighted by atomic mass is 10.0. The zero-order valence-electron chi connectivity index (χ0n) is 18.5. The number of hydrogen-bond donors (Lipinski definition) is 2. The van der Waals surface area contributed by atoms with E-state index in [2.05, 4.69) is 22.5 Å². The lowest BCUT2D eigenvalue weighted by molar-refractivity contribution is 0.477. The predicted octanol–water partition coefficient (Wildman–Crippen LogP) is 4.37. The molecule has 1 aromatic carbocycles. The summed E-state index contributed by atoms with van der Waals surface area (Å²) < 4.78 is 1.80. The number of aromatic nitrogens is 3. The van der Waals surface area contributed by atoms with Gasteiger partial charge in [0, 0.05) is 29.7 Å². The molecule has 0 spiro atoms. The monoisotopic (exact) mass is 407 g/mol. The fraction of sp³-hybridized carbons (Fsp3) is 0.458. The second-order valence-electron chi connectivity index (χ2n) is 7.47. The van der Waals surface area contributed by atoms with Crippen molar-refractivity contribution in [2.24, 2.45) is 0 Å². The largest absolute Gasteiger partial charge is 0.351 e. The highest BCUT2D eigenvalue weighted by Crippen LogP contribution is 2.24. The third-order valence-electron chi connectivity index (χ3n) is 5.38. The summed E-state index contributed by atoms with van der Waals surface area (Å²) in [5.74, 6) is 0.604. The van der Waals surface area contributed by atoms with E-state index >= 15 is 0 Å². The van der Waals surface area contributed by atoms with Crippen molar-refractivity contribution in [3.05, 3.63) is 52.4 Å². The first-order valence-electron chi connectivity index (χ1n) is 11.1. The van der Waals surface area contributed by atoms with E-state index in [1.807, 2.05) is 57.3 Å². The molecule has 0 saturated carbocycles. The summed E-state index contributed by atoms with van der Waals surface area (Å²) in [4.78, 5) is 22.6. The maximum absolute atomic E-state index is 13.3. The van der Waals surface area contributed by atoms with E-state index in [0.29, 0.717) is 29.7 Å². The summed E-state index contributed by atoms with van der Waals surface area (Å²) >= 11 is 0. The summed E-state index contributed by atoms with van der Waals surface area (Å²) in [5, 5.41) is 7.69. The van der Waals surface area contributed by atoms with Gasteiger partial charge in [-0.1, -0.05) is 45.0 Å². The quantitative estimate of drug-likeness (QED) is 0.657. The van der Waals surface area contributed by atoms with Crippen LogP contribution >= 0.6 is 0 Å². The molecule has 1 aliphatic heterocycles. The number of hydrogen-bond acceptors (Lipinski definition) is 5. The van der Waals surface area contributed by atoms with Gasteiger partial charge < -0.3 is 10.6 Å². The molecule has 3 aromatic rings. The Morgan fingerprint density at radius 2 is 1.90 bits per heavy atom. The number of pyridine rings is 1. The summed E-state index contributed by atoms with van der Waals surface area (Å²) in [5.41, 5.74) is 3.48. The molecule has 0 aliphatic carbocycles. The van der Waals surface area contributed by atoms with E-state index in [4.69, 9.17) is 4.98 Å². The minimum absolute atomic E-state index is 0.00941. The van der Waals surface area contributed by atoms with Gasteiger partial charge in [0.2, 0.25) is 5.95 Å². The number of aryl methyl sites for hydroxylation is 2. The van der Waals surface area contributed by atoms with Crippen molar-refractivity contribution >= 4 is 17.0 Å². The first kappa shape index (κ1) is 22.0. The van der Waals surface area contributed by atoms with Crippen molar-refractivity contribution in [1.82, 2.24) is 19.9 Å². The number of nitrogens with one attached hydrogen (secondary N) is 2. The fourth-order valence-corrected chi connectivity index (χ4v) is 3.88. The Hall–Kier alpha value is -2.73. The van der Waals surface area contributed by atoms with Crippen molar-refractivity contribution in [3.8, 4) is 11.1 Å². The second kappa shape index (κ2) is 10.3. The Balaban J connectivity index is 0.00000124. The molecule has 3 heterocycles. The van der Waals surface area contributed by atoms with Crippen molar-refractivity contribution in [1.29, 1.82) is 0 Å². The molecule has 6 heteroatoms. The summed E-state index contributed by atoms with van der Waals surface area (Å²) in [6.45, 7) is 10.8. The van der Waals surface area contributed by atoms with Gasteiger partial charge in [-0.05, 0) is 56.5 Å². The van der Waals surface area contributed by atoms with E-state index in [-0.39, 0.29) is 5.56 Å². The van der Waals surface area contributed by atoms with E-state index < -0.39 is 0 Å². The molecule has 0 bridgehead atoms. The predicted molar refractivity (Wildman–Crippen MR) is 125 cm³/mol. The fourth-order valence-electron chi connectivity index (χ4n) is 3.88. The van der Waals surface area contributed by atoms with E-state index in [9.17, 15) is 4.79 Å². The van der Waals surface area contributed by atoms with Crippen LogP contribution in [-0.4, -0.2) is 33.7 Å². The van der Waals surface area contributed by atoms with Crippen molar-refractivity contribution in [3.63, 3.8) is 0 Å². The first-order chi connectivity index (χ1) is 14.7. The maximum Gasteiger partial charge on any atom is 0.260 e. The van der Waals surface area contributed by atoms with E-state index in [0.717, 1.165) is 48.9 Å². The van der Waals surface area contributed by atoms with Crippen LogP contribution in [0.25, 0.3) is 22.2 Å². The molecule has 2 aromatic heterocycles. The van der Waals surface area contributed by atoms with Crippen LogP contribution < -0.4 is 16.2 Å². The molecule has 0 atom stereocenters. The number of fused-ring (bicyclic) bond motifs is 1. The number of nitrogens with zero attached hydrogens (tertiary/aromatic N) is 3. The maximum atomic E-state index is 13.3.